The zero-order valence-electron chi connectivity index (χ0n) is 37.2. The molecule has 1 aliphatic heterocycles. The molecule has 0 amide bonds. The van der Waals surface area contributed by atoms with Gasteiger partial charge in [0, 0.05) is 29.8 Å². The monoisotopic (exact) mass is 876 g/mol. The van der Waals surface area contributed by atoms with Crippen LogP contribution in [0.25, 0.3) is 0 Å². The molecule has 1 aromatic heterocycles. The number of hydrogen-bond acceptors (Lipinski definition) is 8. The van der Waals surface area contributed by atoms with Crippen molar-refractivity contribution in [3.05, 3.63) is 220 Å². The predicted octanol–water partition coefficient (Wildman–Crippen LogP) is 11.2. The molecule has 8 rings (SSSR count). The normalized spacial score (nSPS) is 18.4. The van der Waals surface area contributed by atoms with Crippen LogP contribution in [0.15, 0.2) is 170 Å². The van der Waals surface area contributed by atoms with Crippen LogP contribution in [0.5, 0.6) is 11.6 Å². The molecule has 1 fully saturated rings. The van der Waals surface area contributed by atoms with Crippen LogP contribution in [0.1, 0.15) is 64.5 Å². The molecule has 0 saturated carbocycles. The number of rotatable bonds is 21. The van der Waals surface area contributed by atoms with E-state index in [2.05, 4.69) is 13.8 Å². The summed E-state index contributed by atoms with van der Waals surface area (Å²) in [5, 5.41) is 5.01. The van der Waals surface area contributed by atoms with Gasteiger partial charge < -0.3 is 33.2 Å². The lowest BCUT2D eigenvalue weighted by Crippen LogP contribution is -2.62. The lowest BCUT2D eigenvalue weighted by atomic mass is 9.97. The van der Waals surface area contributed by atoms with Crippen LogP contribution in [0.2, 0.25) is 0 Å². The molecular formula is C55H57FN2O7. The Morgan fingerprint density at radius 2 is 1.06 bits per heavy atom. The summed E-state index contributed by atoms with van der Waals surface area (Å²) < 4.78 is 65.0. The van der Waals surface area contributed by atoms with Gasteiger partial charge in [-0.1, -0.05) is 158 Å². The van der Waals surface area contributed by atoms with Gasteiger partial charge in [-0.05, 0) is 60.2 Å². The molecule has 10 heteroatoms. The van der Waals surface area contributed by atoms with Crippen LogP contribution in [0.3, 0.4) is 0 Å². The Morgan fingerprint density at radius 1 is 0.585 bits per heavy atom. The van der Waals surface area contributed by atoms with Crippen molar-refractivity contribution in [2.45, 2.75) is 97.0 Å². The van der Waals surface area contributed by atoms with Gasteiger partial charge in [-0.2, -0.15) is 0 Å². The summed E-state index contributed by atoms with van der Waals surface area (Å²) in [6, 6.07) is 54.8. The molecule has 5 atom stereocenters. The largest absolute Gasteiger partial charge is 0.489 e. The molecule has 7 aromatic rings. The summed E-state index contributed by atoms with van der Waals surface area (Å²) in [6.07, 6.45) is -3.68. The Labute approximate surface area is 381 Å². The van der Waals surface area contributed by atoms with Crippen molar-refractivity contribution in [2.75, 3.05) is 6.61 Å². The van der Waals surface area contributed by atoms with Crippen molar-refractivity contribution in [2.24, 2.45) is 0 Å². The Bertz CT molecular complexity index is 2490. The molecular weight excluding hydrogens is 820 g/mol. The van der Waals surface area contributed by atoms with E-state index < -0.39 is 30.7 Å². The van der Waals surface area contributed by atoms with Gasteiger partial charge in [0.15, 0.2) is 0 Å². The maximum Gasteiger partial charge on any atom is 0.239 e. The highest BCUT2D eigenvalue weighted by Crippen LogP contribution is 2.35. The van der Waals surface area contributed by atoms with E-state index in [-0.39, 0.29) is 38.1 Å². The van der Waals surface area contributed by atoms with Crippen LogP contribution >= 0.6 is 0 Å². The van der Waals surface area contributed by atoms with Crippen LogP contribution < -0.4 is 9.47 Å². The molecule has 1 unspecified atom stereocenters. The highest BCUT2D eigenvalue weighted by molar-refractivity contribution is 5.39. The van der Waals surface area contributed by atoms with E-state index in [0.717, 1.165) is 39.1 Å². The molecule has 0 bridgehead atoms. The number of benzene rings is 6. The third-order valence-corrected chi connectivity index (χ3v) is 11.4. The average Bonchev–Trinajstić information content (AvgIpc) is 3.65. The fourth-order valence-corrected chi connectivity index (χ4v) is 7.97. The lowest BCUT2D eigenvalue weighted by molar-refractivity contribution is -0.310. The Hall–Kier alpha value is -6.14. The van der Waals surface area contributed by atoms with Crippen molar-refractivity contribution in [1.29, 1.82) is 0 Å². The Kier molecular flexibility index (Phi) is 15.8. The fraction of sp³-hybridized carbons (Fsp3) is 0.291. The molecule has 1 saturated heterocycles. The van der Waals surface area contributed by atoms with Crippen LogP contribution in [-0.4, -0.2) is 47.1 Å². The van der Waals surface area contributed by atoms with E-state index in [1.807, 2.05) is 163 Å². The topological polar surface area (TPSA) is 82.4 Å². The van der Waals surface area contributed by atoms with Gasteiger partial charge in [0.05, 0.1) is 33.0 Å². The summed E-state index contributed by atoms with van der Waals surface area (Å²) in [5.74, 6) is 0.369. The summed E-state index contributed by atoms with van der Waals surface area (Å²) in [5.41, 5.74) is 7.03. The molecule has 2 heterocycles. The van der Waals surface area contributed by atoms with Crippen LogP contribution in [0, 0.1) is 12.7 Å². The van der Waals surface area contributed by atoms with Gasteiger partial charge in [-0.15, -0.1) is 5.10 Å². The van der Waals surface area contributed by atoms with Crippen LogP contribution in [-0.2, 0) is 63.1 Å². The van der Waals surface area contributed by atoms with E-state index in [1.54, 1.807) is 12.1 Å². The van der Waals surface area contributed by atoms with Crippen molar-refractivity contribution in [1.82, 2.24) is 9.78 Å². The molecule has 336 valence electrons. The quantitative estimate of drug-likeness (QED) is 0.0706. The molecule has 9 nitrogen and oxygen atoms in total. The summed E-state index contributed by atoms with van der Waals surface area (Å²) in [7, 11) is 0. The summed E-state index contributed by atoms with van der Waals surface area (Å²) >= 11 is 0. The highest BCUT2D eigenvalue weighted by atomic mass is 19.1. The van der Waals surface area contributed by atoms with Gasteiger partial charge in [0.1, 0.15) is 42.6 Å². The zero-order valence-corrected chi connectivity index (χ0v) is 37.2. The predicted molar refractivity (Wildman–Crippen MR) is 248 cm³/mol. The zero-order chi connectivity index (χ0) is 44.8. The van der Waals surface area contributed by atoms with E-state index >= 15 is 4.39 Å². The number of ether oxygens (including phenoxy) is 7. The molecule has 0 N–H and O–H groups in total. The van der Waals surface area contributed by atoms with Crippen molar-refractivity contribution < 1.29 is 37.5 Å². The Morgan fingerprint density at radius 3 is 1.57 bits per heavy atom. The number of halogens is 1. The van der Waals surface area contributed by atoms with Crippen molar-refractivity contribution in [3.8, 4) is 11.6 Å². The lowest BCUT2D eigenvalue weighted by Gasteiger charge is -2.45. The third kappa shape index (κ3) is 12.4. The molecule has 65 heavy (non-hydrogen) atoms. The molecule has 0 spiro atoms. The van der Waals surface area contributed by atoms with E-state index in [9.17, 15) is 0 Å². The SMILES string of the molecule is Cc1c(Cc2ccc(OCc3ccccc3)cc2F)c(O[C@@H]2OC(COCc3ccccc3)[C@@H](OCc3ccccc3)[C@H](OCc3ccccc3)[C@H]2OCc2ccccc2)nn1C(C)C. The van der Waals surface area contributed by atoms with Gasteiger partial charge in [-0.25, -0.2) is 4.39 Å². The maximum atomic E-state index is 16.0. The van der Waals surface area contributed by atoms with E-state index in [0.29, 0.717) is 37.0 Å². The third-order valence-electron chi connectivity index (χ3n) is 11.4. The average molecular weight is 877 g/mol. The second-order valence-corrected chi connectivity index (χ2v) is 16.6. The van der Waals surface area contributed by atoms with Gasteiger partial charge in [-0.3, -0.25) is 4.68 Å². The molecule has 1 aliphatic rings. The molecule has 0 aliphatic carbocycles. The first-order valence-corrected chi connectivity index (χ1v) is 22.3. The first kappa shape index (κ1) is 45.4. The molecule has 0 radical (unpaired) electrons. The van der Waals surface area contributed by atoms with E-state index in [1.165, 1.54) is 6.07 Å². The Balaban J connectivity index is 1.14. The highest BCUT2D eigenvalue weighted by Gasteiger charge is 2.50. The summed E-state index contributed by atoms with van der Waals surface area (Å²) in [4.78, 5) is 0. The minimum Gasteiger partial charge on any atom is -0.489 e. The summed E-state index contributed by atoms with van der Waals surface area (Å²) in [6.45, 7) is 7.78. The minimum atomic E-state index is -1.05. The maximum absolute atomic E-state index is 16.0. The first-order chi connectivity index (χ1) is 31.9. The smallest absolute Gasteiger partial charge is 0.239 e. The number of aromatic nitrogens is 2. The fourth-order valence-electron chi connectivity index (χ4n) is 7.97. The van der Waals surface area contributed by atoms with Gasteiger partial charge >= 0.3 is 0 Å². The number of nitrogens with zero attached hydrogens (tertiary/aromatic N) is 2. The van der Waals surface area contributed by atoms with Crippen molar-refractivity contribution in [3.63, 3.8) is 0 Å². The second kappa shape index (κ2) is 22.7. The van der Waals surface area contributed by atoms with Crippen LogP contribution in [0.4, 0.5) is 4.39 Å². The second-order valence-electron chi connectivity index (χ2n) is 16.6. The van der Waals surface area contributed by atoms with Gasteiger partial charge in [0.2, 0.25) is 12.2 Å². The number of hydrogen-bond donors (Lipinski definition) is 0. The molecule has 6 aromatic carbocycles. The van der Waals surface area contributed by atoms with Gasteiger partial charge in [0.25, 0.3) is 0 Å². The standard InChI is InChI=1S/C55H57FN2O7/c1-39(2)58-40(3)48(31-46-29-30-47(32-49(46)56)60-34-42-21-11-5-12-22-42)54(57-58)65-55-53(63-37-45-27-17-8-18-28-45)52(62-36-44-25-15-7-16-26-44)51(61-35-43-23-13-6-14-24-43)50(64-55)38-59-33-41-19-9-4-10-20-41/h4-30,32,39,50-53,55H,31,33-38H2,1-3H3/t50?,51-,52+,53-,55+/m1/s1. The minimum absolute atomic E-state index is 0.0148. The van der Waals surface area contributed by atoms with Crippen molar-refractivity contribution >= 4 is 0 Å². The van der Waals surface area contributed by atoms with E-state index in [4.69, 9.17) is 38.3 Å². The first-order valence-electron chi connectivity index (χ1n) is 22.3.